The van der Waals surface area contributed by atoms with Crippen LogP contribution < -0.4 is 20.3 Å². The Morgan fingerprint density at radius 3 is 2.09 bits per heavy atom. The molecule has 0 aromatic heterocycles. The summed E-state index contributed by atoms with van der Waals surface area (Å²) in [6.45, 7) is 0.561. The molecule has 12 heteroatoms. The summed E-state index contributed by atoms with van der Waals surface area (Å²) in [5.41, 5.74) is 4.43. The Balaban J connectivity index is 1.73. The van der Waals surface area contributed by atoms with Gasteiger partial charge < -0.3 is 14.2 Å². The Morgan fingerprint density at radius 1 is 0.938 bits per heavy atom. The normalized spacial score (nSPS) is 14.5. The van der Waals surface area contributed by atoms with Crippen molar-refractivity contribution in [3.63, 3.8) is 0 Å². The van der Waals surface area contributed by atoms with Gasteiger partial charge in [-0.1, -0.05) is 0 Å². The highest BCUT2D eigenvalue weighted by Crippen LogP contribution is 2.27. The number of ether oxygens (including phenoxy) is 3. The summed E-state index contributed by atoms with van der Waals surface area (Å²) in [4.78, 5) is 24.2. The molecule has 2 aromatic rings. The largest absolute Gasteiger partial charge is 0.493 e. The zero-order valence-electron chi connectivity index (χ0n) is 17.4. The van der Waals surface area contributed by atoms with E-state index in [-0.39, 0.29) is 37.4 Å². The fourth-order valence-electron chi connectivity index (χ4n) is 3.00. The average Bonchev–Trinajstić information content (AvgIpc) is 2.82. The van der Waals surface area contributed by atoms with Crippen molar-refractivity contribution in [2.24, 2.45) is 0 Å². The molecule has 0 atom stereocenters. The molecule has 172 valence electrons. The maximum Gasteiger partial charge on any atom is 0.269 e. The van der Waals surface area contributed by atoms with Crippen LogP contribution in [0.25, 0.3) is 0 Å². The highest BCUT2D eigenvalue weighted by Gasteiger charge is 2.29. The Hall–Kier alpha value is -3.22. The molecule has 2 N–H and O–H groups in total. The van der Waals surface area contributed by atoms with Gasteiger partial charge in [0.05, 0.1) is 27.4 Å². The van der Waals surface area contributed by atoms with E-state index in [0.717, 1.165) is 22.5 Å². The SMILES string of the molecule is COc1ccc(C(=O)NNC(=O)c2ccc(F)c(S(=O)(=O)N3CCOCC3)c2)cc1OC. The van der Waals surface area contributed by atoms with E-state index in [1.807, 2.05) is 0 Å². The third-order valence-corrected chi connectivity index (χ3v) is 6.63. The van der Waals surface area contributed by atoms with Crippen molar-refractivity contribution in [2.45, 2.75) is 4.90 Å². The molecule has 1 aliphatic rings. The van der Waals surface area contributed by atoms with E-state index in [1.165, 1.54) is 32.4 Å². The number of hydrazine groups is 1. The molecule has 0 radical (unpaired) electrons. The van der Waals surface area contributed by atoms with Crippen LogP contribution in [0.3, 0.4) is 0 Å². The van der Waals surface area contributed by atoms with Crippen LogP contribution in [0.1, 0.15) is 20.7 Å². The van der Waals surface area contributed by atoms with Crippen molar-refractivity contribution in [1.82, 2.24) is 15.2 Å². The molecule has 0 unspecified atom stereocenters. The van der Waals surface area contributed by atoms with Crippen molar-refractivity contribution >= 4 is 21.8 Å². The van der Waals surface area contributed by atoms with Crippen molar-refractivity contribution in [1.29, 1.82) is 0 Å². The van der Waals surface area contributed by atoms with Gasteiger partial charge in [0.2, 0.25) is 10.0 Å². The molecule has 0 saturated carbocycles. The van der Waals surface area contributed by atoms with E-state index in [9.17, 15) is 22.4 Å². The van der Waals surface area contributed by atoms with Crippen LogP contribution in [0.5, 0.6) is 11.5 Å². The number of nitrogens with zero attached hydrogens (tertiary/aromatic N) is 1. The van der Waals surface area contributed by atoms with E-state index in [0.29, 0.717) is 11.5 Å². The third kappa shape index (κ3) is 4.98. The topological polar surface area (TPSA) is 123 Å². The molecule has 0 bridgehead atoms. The van der Waals surface area contributed by atoms with Crippen LogP contribution in [-0.4, -0.2) is 65.1 Å². The molecule has 3 rings (SSSR count). The Morgan fingerprint density at radius 2 is 1.50 bits per heavy atom. The number of nitrogens with one attached hydrogen (secondary N) is 2. The molecule has 1 fully saturated rings. The van der Waals surface area contributed by atoms with Crippen LogP contribution in [0.2, 0.25) is 0 Å². The standard InChI is InChI=1S/C20H22FN3O7S/c1-29-16-6-4-13(11-17(16)30-2)19(25)22-23-20(26)14-3-5-15(21)18(12-14)32(27,28)24-7-9-31-10-8-24/h3-6,11-12H,7-10H2,1-2H3,(H,22,25)(H,23,26). The number of benzene rings is 2. The van der Waals surface area contributed by atoms with Crippen molar-refractivity contribution in [3.8, 4) is 11.5 Å². The molecule has 10 nitrogen and oxygen atoms in total. The van der Waals surface area contributed by atoms with Crippen LogP contribution in [0.15, 0.2) is 41.3 Å². The minimum atomic E-state index is -4.15. The second-order valence-corrected chi connectivity index (χ2v) is 8.55. The molecule has 0 aliphatic carbocycles. The number of morpholine rings is 1. The number of amides is 2. The molecule has 0 spiro atoms. The summed E-state index contributed by atoms with van der Waals surface area (Å²) in [5, 5.41) is 0. The Bertz CT molecular complexity index is 1120. The number of halogens is 1. The van der Waals surface area contributed by atoms with Crippen LogP contribution in [-0.2, 0) is 14.8 Å². The van der Waals surface area contributed by atoms with E-state index in [4.69, 9.17) is 14.2 Å². The monoisotopic (exact) mass is 467 g/mol. The zero-order chi connectivity index (χ0) is 23.3. The van der Waals surface area contributed by atoms with Gasteiger partial charge in [0.15, 0.2) is 11.5 Å². The maximum absolute atomic E-state index is 14.3. The molecule has 2 aromatic carbocycles. The van der Waals surface area contributed by atoms with Crippen LogP contribution >= 0.6 is 0 Å². The Labute approximate surface area is 184 Å². The van der Waals surface area contributed by atoms with E-state index in [2.05, 4.69) is 10.9 Å². The van der Waals surface area contributed by atoms with Gasteiger partial charge in [-0.15, -0.1) is 0 Å². The minimum absolute atomic E-state index is 0.0829. The smallest absolute Gasteiger partial charge is 0.269 e. The quantitative estimate of drug-likeness (QED) is 0.606. The summed E-state index contributed by atoms with van der Waals surface area (Å²) in [7, 11) is -1.28. The molecular weight excluding hydrogens is 445 g/mol. The second-order valence-electron chi connectivity index (χ2n) is 6.64. The molecule has 1 saturated heterocycles. The summed E-state index contributed by atoms with van der Waals surface area (Å²) in [5.74, 6) is -1.71. The van der Waals surface area contributed by atoms with E-state index >= 15 is 0 Å². The average molecular weight is 467 g/mol. The molecule has 32 heavy (non-hydrogen) atoms. The second kappa shape index (κ2) is 9.94. The lowest BCUT2D eigenvalue weighted by molar-refractivity contribution is 0.0729. The lowest BCUT2D eigenvalue weighted by Crippen LogP contribution is -2.42. The van der Waals surface area contributed by atoms with Gasteiger partial charge in [0.1, 0.15) is 10.7 Å². The van der Waals surface area contributed by atoms with Crippen molar-refractivity contribution in [2.75, 3.05) is 40.5 Å². The van der Waals surface area contributed by atoms with Gasteiger partial charge in [-0.2, -0.15) is 4.31 Å². The molecular formula is C20H22FN3O7S. The molecule has 2 amide bonds. The van der Waals surface area contributed by atoms with Gasteiger partial charge in [-0.3, -0.25) is 20.4 Å². The summed E-state index contributed by atoms with van der Waals surface area (Å²) in [6, 6.07) is 7.35. The van der Waals surface area contributed by atoms with Crippen LogP contribution in [0, 0.1) is 5.82 Å². The van der Waals surface area contributed by atoms with Crippen LogP contribution in [0.4, 0.5) is 4.39 Å². The highest BCUT2D eigenvalue weighted by atomic mass is 32.2. The predicted octanol–water partition coefficient (Wildman–Crippen LogP) is 0.939. The first-order valence-corrected chi connectivity index (χ1v) is 10.9. The lowest BCUT2D eigenvalue weighted by Gasteiger charge is -2.26. The van der Waals surface area contributed by atoms with Gasteiger partial charge >= 0.3 is 0 Å². The number of carbonyl (C=O) groups excluding carboxylic acids is 2. The fraction of sp³-hybridized carbons (Fsp3) is 0.300. The first kappa shape index (κ1) is 23.4. The minimum Gasteiger partial charge on any atom is -0.493 e. The number of methoxy groups -OCH3 is 2. The van der Waals surface area contributed by atoms with E-state index < -0.39 is 32.6 Å². The van der Waals surface area contributed by atoms with Crippen molar-refractivity contribution < 1.29 is 36.6 Å². The summed E-state index contributed by atoms with van der Waals surface area (Å²) in [6.07, 6.45) is 0. The number of carbonyl (C=O) groups is 2. The fourth-order valence-corrected chi connectivity index (χ4v) is 4.50. The number of hydrogen-bond donors (Lipinski definition) is 2. The predicted molar refractivity (Wildman–Crippen MR) is 110 cm³/mol. The number of hydrogen-bond acceptors (Lipinski definition) is 7. The summed E-state index contributed by atoms with van der Waals surface area (Å²) < 4.78 is 56.2. The Kier molecular flexibility index (Phi) is 7.28. The maximum atomic E-state index is 14.3. The van der Waals surface area contributed by atoms with Gasteiger partial charge in [0.25, 0.3) is 11.8 Å². The number of sulfonamides is 1. The third-order valence-electron chi connectivity index (χ3n) is 4.72. The first-order chi connectivity index (χ1) is 15.3. The molecule has 1 heterocycles. The molecule has 1 aliphatic heterocycles. The first-order valence-electron chi connectivity index (χ1n) is 9.48. The van der Waals surface area contributed by atoms with Gasteiger partial charge in [0, 0.05) is 24.2 Å². The van der Waals surface area contributed by atoms with E-state index in [1.54, 1.807) is 0 Å². The summed E-state index contributed by atoms with van der Waals surface area (Å²) >= 11 is 0. The zero-order valence-corrected chi connectivity index (χ0v) is 18.2. The highest BCUT2D eigenvalue weighted by molar-refractivity contribution is 7.89. The van der Waals surface area contributed by atoms with Gasteiger partial charge in [-0.25, -0.2) is 12.8 Å². The lowest BCUT2D eigenvalue weighted by atomic mass is 10.2. The van der Waals surface area contributed by atoms with Gasteiger partial charge in [-0.05, 0) is 36.4 Å². The number of rotatable bonds is 6. The van der Waals surface area contributed by atoms with Crippen molar-refractivity contribution in [3.05, 3.63) is 53.3 Å².